The van der Waals surface area contributed by atoms with Crippen molar-refractivity contribution in [3.05, 3.63) is 0 Å². The van der Waals surface area contributed by atoms with Gasteiger partial charge < -0.3 is 20.5 Å². The first-order valence-corrected chi connectivity index (χ1v) is 5.60. The Labute approximate surface area is 96.7 Å². The van der Waals surface area contributed by atoms with Gasteiger partial charge >= 0.3 is 6.09 Å². The van der Waals surface area contributed by atoms with Crippen molar-refractivity contribution in [1.29, 1.82) is 0 Å². The zero-order valence-electron chi connectivity index (χ0n) is 10.5. The van der Waals surface area contributed by atoms with E-state index in [0.717, 1.165) is 12.8 Å². The third-order valence-electron chi connectivity index (χ3n) is 2.32. The van der Waals surface area contributed by atoms with Gasteiger partial charge in [-0.1, -0.05) is 0 Å². The zero-order valence-corrected chi connectivity index (χ0v) is 10.5. The molecule has 1 fully saturated rings. The van der Waals surface area contributed by atoms with Gasteiger partial charge in [0, 0.05) is 0 Å². The largest absolute Gasteiger partial charge is 0.444 e. The fraction of sp³-hybridized carbons (Fsp3) is 0.909. The molecule has 0 aromatic rings. The molecular formula is C11H22N2O3. The Morgan fingerprint density at radius 1 is 1.56 bits per heavy atom. The molecule has 2 atom stereocenters. The first-order valence-electron chi connectivity index (χ1n) is 5.60. The summed E-state index contributed by atoms with van der Waals surface area (Å²) in [6.07, 6.45) is 1.14. The summed E-state index contributed by atoms with van der Waals surface area (Å²) >= 11 is 0. The van der Waals surface area contributed by atoms with E-state index < -0.39 is 17.4 Å². The van der Waals surface area contributed by atoms with E-state index in [0.29, 0.717) is 6.61 Å². The average Bonchev–Trinajstić information content (AvgIpc) is 2.05. The molecule has 1 saturated heterocycles. The summed E-state index contributed by atoms with van der Waals surface area (Å²) in [6, 6.07) is -0.00789. The van der Waals surface area contributed by atoms with Crippen LogP contribution in [-0.4, -0.2) is 30.1 Å². The van der Waals surface area contributed by atoms with Crippen molar-refractivity contribution in [3.8, 4) is 0 Å². The van der Waals surface area contributed by atoms with Crippen molar-refractivity contribution >= 4 is 6.09 Å². The Balaban J connectivity index is 2.32. The van der Waals surface area contributed by atoms with Gasteiger partial charge in [-0.2, -0.15) is 0 Å². The smallest absolute Gasteiger partial charge is 0.407 e. The van der Waals surface area contributed by atoms with Gasteiger partial charge in [-0.25, -0.2) is 4.79 Å². The van der Waals surface area contributed by atoms with Gasteiger partial charge in [0.15, 0.2) is 0 Å². The number of ether oxygens (including phenoxy) is 2. The van der Waals surface area contributed by atoms with E-state index >= 15 is 0 Å². The molecule has 0 aromatic heterocycles. The van der Waals surface area contributed by atoms with Crippen LogP contribution in [0.4, 0.5) is 4.79 Å². The van der Waals surface area contributed by atoms with Gasteiger partial charge in [0.05, 0.1) is 12.6 Å². The third kappa shape index (κ3) is 4.81. The van der Waals surface area contributed by atoms with E-state index in [4.69, 9.17) is 15.2 Å². The monoisotopic (exact) mass is 230 g/mol. The third-order valence-corrected chi connectivity index (χ3v) is 2.32. The second-order valence-corrected chi connectivity index (χ2v) is 5.51. The highest BCUT2D eigenvalue weighted by Crippen LogP contribution is 2.19. The van der Waals surface area contributed by atoms with E-state index in [1.807, 2.05) is 27.7 Å². The molecule has 1 aliphatic rings. The Morgan fingerprint density at radius 3 is 2.62 bits per heavy atom. The number of carbonyl (C=O) groups excluding carboxylic acids is 1. The average molecular weight is 230 g/mol. The molecule has 1 rings (SSSR count). The highest BCUT2D eigenvalue weighted by Gasteiger charge is 2.29. The predicted molar refractivity (Wildman–Crippen MR) is 60.9 cm³/mol. The molecule has 5 heteroatoms. The highest BCUT2D eigenvalue weighted by molar-refractivity contribution is 5.68. The standard InChI is InChI=1S/C11H22N2O3/c1-10(2,3)16-9(14)13-8-5-6-11(4,12)15-7-8/h8H,5-7,12H2,1-4H3,(H,13,14). The van der Waals surface area contributed by atoms with Gasteiger partial charge in [0.25, 0.3) is 0 Å². The van der Waals surface area contributed by atoms with E-state index in [-0.39, 0.29) is 6.04 Å². The van der Waals surface area contributed by atoms with Crippen molar-refractivity contribution in [2.24, 2.45) is 5.73 Å². The molecule has 94 valence electrons. The number of carbonyl (C=O) groups is 1. The lowest BCUT2D eigenvalue weighted by atomic mass is 10.0. The lowest BCUT2D eigenvalue weighted by Gasteiger charge is -2.34. The summed E-state index contributed by atoms with van der Waals surface area (Å²) in [5, 5.41) is 2.77. The number of nitrogens with two attached hydrogens (primary N) is 1. The van der Waals surface area contributed by atoms with Gasteiger partial charge in [-0.05, 0) is 40.5 Å². The van der Waals surface area contributed by atoms with Crippen LogP contribution in [0.5, 0.6) is 0 Å². The van der Waals surface area contributed by atoms with E-state index in [2.05, 4.69) is 5.32 Å². The van der Waals surface area contributed by atoms with Crippen LogP contribution in [0.15, 0.2) is 0 Å². The number of rotatable bonds is 1. The predicted octanol–water partition coefficient (Wildman–Crippen LogP) is 1.36. The zero-order chi connectivity index (χ0) is 12.4. The van der Waals surface area contributed by atoms with E-state index in [1.54, 1.807) is 0 Å². The first kappa shape index (κ1) is 13.3. The van der Waals surface area contributed by atoms with Crippen molar-refractivity contribution < 1.29 is 14.3 Å². The van der Waals surface area contributed by atoms with Crippen LogP contribution in [0, 0.1) is 0 Å². The topological polar surface area (TPSA) is 73.6 Å². The van der Waals surface area contributed by atoms with E-state index in [9.17, 15) is 4.79 Å². The molecule has 0 saturated carbocycles. The lowest BCUT2D eigenvalue weighted by molar-refractivity contribution is -0.0743. The van der Waals surface area contributed by atoms with E-state index in [1.165, 1.54) is 0 Å². The summed E-state index contributed by atoms with van der Waals surface area (Å²) in [5.74, 6) is 0. The second-order valence-electron chi connectivity index (χ2n) is 5.51. The van der Waals surface area contributed by atoms with Gasteiger partial charge in [0.1, 0.15) is 11.3 Å². The summed E-state index contributed by atoms with van der Waals surface area (Å²) in [5.41, 5.74) is 4.77. The molecule has 2 unspecified atom stereocenters. The quantitative estimate of drug-likeness (QED) is 0.713. The van der Waals surface area contributed by atoms with Crippen LogP contribution in [0.3, 0.4) is 0 Å². The van der Waals surface area contributed by atoms with Crippen LogP contribution < -0.4 is 11.1 Å². The highest BCUT2D eigenvalue weighted by atomic mass is 16.6. The molecule has 0 aromatic carbocycles. The minimum absolute atomic E-state index is 0.00789. The van der Waals surface area contributed by atoms with Crippen LogP contribution >= 0.6 is 0 Å². The fourth-order valence-electron chi connectivity index (χ4n) is 1.50. The first-order chi connectivity index (χ1) is 7.18. The second kappa shape index (κ2) is 4.59. The lowest BCUT2D eigenvalue weighted by Crippen LogP contribution is -2.51. The number of amides is 1. The van der Waals surface area contributed by atoms with Crippen molar-refractivity contribution in [2.75, 3.05) is 6.61 Å². The Kier molecular flexibility index (Phi) is 3.80. The molecule has 0 bridgehead atoms. The molecule has 0 aliphatic carbocycles. The van der Waals surface area contributed by atoms with Crippen molar-refractivity contribution in [2.45, 2.75) is 57.9 Å². The summed E-state index contributed by atoms with van der Waals surface area (Å²) in [6.45, 7) is 7.78. The molecule has 16 heavy (non-hydrogen) atoms. The molecule has 0 spiro atoms. The maximum atomic E-state index is 11.5. The van der Waals surface area contributed by atoms with Crippen molar-refractivity contribution in [3.63, 3.8) is 0 Å². The van der Waals surface area contributed by atoms with Crippen molar-refractivity contribution in [1.82, 2.24) is 5.32 Å². The van der Waals surface area contributed by atoms with Crippen LogP contribution in [0.2, 0.25) is 0 Å². The molecule has 1 heterocycles. The summed E-state index contributed by atoms with van der Waals surface area (Å²) in [7, 11) is 0. The maximum Gasteiger partial charge on any atom is 0.407 e. The van der Waals surface area contributed by atoms with Crippen LogP contribution in [0.1, 0.15) is 40.5 Å². The SMILES string of the molecule is CC(C)(C)OC(=O)NC1CCC(C)(N)OC1. The Hall–Kier alpha value is -0.810. The number of alkyl carbamates (subject to hydrolysis) is 1. The van der Waals surface area contributed by atoms with Crippen LogP contribution in [-0.2, 0) is 9.47 Å². The summed E-state index contributed by atoms with van der Waals surface area (Å²) < 4.78 is 10.6. The summed E-state index contributed by atoms with van der Waals surface area (Å²) in [4.78, 5) is 11.5. The minimum atomic E-state index is -0.563. The number of hydrogen-bond acceptors (Lipinski definition) is 4. The van der Waals surface area contributed by atoms with Gasteiger partial charge in [-0.15, -0.1) is 0 Å². The molecule has 5 nitrogen and oxygen atoms in total. The number of hydrogen-bond donors (Lipinski definition) is 2. The van der Waals surface area contributed by atoms with Gasteiger partial charge in [0.2, 0.25) is 0 Å². The fourth-order valence-corrected chi connectivity index (χ4v) is 1.50. The Morgan fingerprint density at radius 2 is 2.19 bits per heavy atom. The molecule has 3 N–H and O–H groups in total. The minimum Gasteiger partial charge on any atom is -0.444 e. The normalized spacial score (nSPS) is 30.9. The molecular weight excluding hydrogens is 208 g/mol. The molecule has 1 amide bonds. The molecule has 1 aliphatic heterocycles. The number of nitrogens with one attached hydrogen (secondary N) is 1. The van der Waals surface area contributed by atoms with Gasteiger partial charge in [-0.3, -0.25) is 0 Å². The Bertz CT molecular complexity index is 248. The maximum absolute atomic E-state index is 11.5. The van der Waals surface area contributed by atoms with Crippen LogP contribution in [0.25, 0.3) is 0 Å². The molecule has 0 radical (unpaired) electrons.